The average Bonchev–Trinajstić information content (AvgIpc) is 2.69. The Balaban J connectivity index is 1.84. The number of hydrogen-bond acceptors (Lipinski definition) is 4. The fourth-order valence-corrected chi connectivity index (χ4v) is 2.45. The molecule has 94 valence electrons. The fraction of sp³-hybridized carbons (Fsp3) is 0.308. The number of carbonyl (C=O) groups is 1. The van der Waals surface area contributed by atoms with Crippen molar-refractivity contribution < 1.29 is 4.79 Å². The normalized spacial score (nSPS) is 10.3. The second-order valence-electron chi connectivity index (χ2n) is 3.97. The van der Waals surface area contributed by atoms with Gasteiger partial charge in [0.2, 0.25) is 0 Å². The fourth-order valence-electron chi connectivity index (χ4n) is 1.52. The topological polar surface area (TPSA) is 54.9 Å². The summed E-state index contributed by atoms with van der Waals surface area (Å²) in [7, 11) is 0. The summed E-state index contributed by atoms with van der Waals surface area (Å²) in [6.07, 6.45) is 2.38. The number of hydrogen-bond donors (Lipinski definition) is 1. The third kappa shape index (κ3) is 3.13. The van der Waals surface area contributed by atoms with E-state index >= 15 is 0 Å². The van der Waals surface area contributed by atoms with Crippen molar-refractivity contribution in [1.29, 1.82) is 0 Å². The Morgan fingerprint density at radius 1 is 1.39 bits per heavy atom. The van der Waals surface area contributed by atoms with Crippen LogP contribution < -0.4 is 5.32 Å². The summed E-state index contributed by atoms with van der Waals surface area (Å²) in [6, 6.07) is 5.29. The minimum absolute atomic E-state index is 0.138. The molecule has 0 aromatic carbocycles. The molecule has 0 radical (unpaired) electrons. The first kappa shape index (κ1) is 12.7. The molecule has 0 saturated heterocycles. The third-order valence-electron chi connectivity index (χ3n) is 2.59. The van der Waals surface area contributed by atoms with Gasteiger partial charge in [-0.1, -0.05) is 6.07 Å². The molecular weight excluding hydrogens is 246 g/mol. The van der Waals surface area contributed by atoms with Crippen LogP contribution >= 0.6 is 11.3 Å². The van der Waals surface area contributed by atoms with Crippen LogP contribution in [0.2, 0.25) is 0 Å². The first-order chi connectivity index (χ1) is 8.66. The molecule has 2 aromatic heterocycles. The lowest BCUT2D eigenvalue weighted by Crippen LogP contribution is -2.26. The summed E-state index contributed by atoms with van der Waals surface area (Å²) in [5, 5.41) is 3.90. The van der Waals surface area contributed by atoms with Gasteiger partial charge in [0.25, 0.3) is 5.91 Å². The highest BCUT2D eigenvalue weighted by Gasteiger charge is 2.07. The predicted octanol–water partition coefficient (Wildman–Crippen LogP) is 2.13. The molecule has 1 amide bonds. The van der Waals surface area contributed by atoms with Crippen molar-refractivity contribution in [2.75, 3.05) is 6.54 Å². The maximum atomic E-state index is 11.7. The Labute approximate surface area is 110 Å². The molecule has 0 aliphatic rings. The first-order valence-electron chi connectivity index (χ1n) is 5.79. The van der Waals surface area contributed by atoms with Crippen molar-refractivity contribution in [3.8, 4) is 0 Å². The van der Waals surface area contributed by atoms with E-state index in [1.165, 1.54) is 4.88 Å². The Kier molecular flexibility index (Phi) is 4.04. The second kappa shape index (κ2) is 5.73. The summed E-state index contributed by atoms with van der Waals surface area (Å²) >= 11 is 1.68. The van der Waals surface area contributed by atoms with Crippen LogP contribution in [0.3, 0.4) is 0 Å². The van der Waals surface area contributed by atoms with Gasteiger partial charge in [0.1, 0.15) is 5.69 Å². The maximum absolute atomic E-state index is 11.7. The van der Waals surface area contributed by atoms with Crippen molar-refractivity contribution in [3.63, 3.8) is 0 Å². The zero-order chi connectivity index (χ0) is 13.0. The molecule has 0 aliphatic carbocycles. The molecule has 0 fully saturated rings. The maximum Gasteiger partial charge on any atom is 0.269 e. The molecule has 2 aromatic rings. The van der Waals surface area contributed by atoms with Gasteiger partial charge in [-0.2, -0.15) is 0 Å². The van der Waals surface area contributed by atoms with Crippen LogP contribution in [0.15, 0.2) is 24.4 Å². The first-order valence-corrected chi connectivity index (χ1v) is 6.60. The molecule has 18 heavy (non-hydrogen) atoms. The summed E-state index contributed by atoms with van der Waals surface area (Å²) in [5.74, 6) is -0.138. The summed E-state index contributed by atoms with van der Waals surface area (Å²) in [6.45, 7) is 4.65. The number of thiazole rings is 1. The van der Waals surface area contributed by atoms with Crippen LogP contribution in [-0.4, -0.2) is 22.4 Å². The highest BCUT2D eigenvalue weighted by Crippen LogP contribution is 2.16. The van der Waals surface area contributed by atoms with E-state index in [1.807, 2.05) is 6.92 Å². The van der Waals surface area contributed by atoms with Crippen LogP contribution in [0.4, 0.5) is 0 Å². The monoisotopic (exact) mass is 261 g/mol. The molecule has 5 heteroatoms. The van der Waals surface area contributed by atoms with Crippen molar-refractivity contribution in [3.05, 3.63) is 45.7 Å². The van der Waals surface area contributed by atoms with E-state index in [4.69, 9.17) is 0 Å². The van der Waals surface area contributed by atoms with E-state index in [0.717, 1.165) is 17.1 Å². The minimum Gasteiger partial charge on any atom is -0.350 e. The number of rotatable bonds is 4. The zero-order valence-corrected chi connectivity index (χ0v) is 11.3. The number of aromatic nitrogens is 2. The largest absolute Gasteiger partial charge is 0.350 e. The van der Waals surface area contributed by atoms with Crippen LogP contribution in [0.5, 0.6) is 0 Å². The van der Waals surface area contributed by atoms with Gasteiger partial charge >= 0.3 is 0 Å². The molecule has 0 spiro atoms. The highest BCUT2D eigenvalue weighted by molar-refractivity contribution is 7.11. The van der Waals surface area contributed by atoms with Crippen LogP contribution in [0.1, 0.15) is 26.1 Å². The van der Waals surface area contributed by atoms with Gasteiger partial charge in [-0.3, -0.25) is 9.78 Å². The zero-order valence-electron chi connectivity index (χ0n) is 10.4. The Morgan fingerprint density at radius 3 is 2.83 bits per heavy atom. The molecular formula is C13H15N3OS. The lowest BCUT2D eigenvalue weighted by atomic mass is 10.3. The summed E-state index contributed by atoms with van der Waals surface area (Å²) in [4.78, 5) is 21.4. The van der Waals surface area contributed by atoms with Crippen molar-refractivity contribution in [2.24, 2.45) is 0 Å². The molecule has 0 saturated carbocycles. The van der Waals surface area contributed by atoms with Crippen LogP contribution in [0, 0.1) is 13.8 Å². The highest BCUT2D eigenvalue weighted by atomic mass is 32.1. The Bertz CT molecular complexity index is 517. The predicted molar refractivity (Wildman–Crippen MR) is 71.9 cm³/mol. The van der Waals surface area contributed by atoms with Gasteiger partial charge in [0.15, 0.2) is 0 Å². The quantitative estimate of drug-likeness (QED) is 0.917. The number of aryl methyl sites for hydroxylation is 2. The summed E-state index contributed by atoms with van der Waals surface area (Å²) in [5.41, 5.74) is 1.52. The number of nitrogens with zero attached hydrogens (tertiary/aromatic N) is 2. The second-order valence-corrected chi connectivity index (χ2v) is 5.26. The lowest BCUT2D eigenvalue weighted by molar-refractivity contribution is 0.0949. The van der Waals surface area contributed by atoms with Crippen LogP contribution in [0.25, 0.3) is 0 Å². The smallest absolute Gasteiger partial charge is 0.269 e. The molecule has 0 unspecified atom stereocenters. The van der Waals surface area contributed by atoms with E-state index in [1.54, 1.807) is 35.7 Å². The molecule has 0 atom stereocenters. The van der Waals surface area contributed by atoms with E-state index in [-0.39, 0.29) is 5.91 Å². The summed E-state index contributed by atoms with van der Waals surface area (Å²) < 4.78 is 0. The lowest BCUT2D eigenvalue weighted by Gasteiger charge is -2.02. The van der Waals surface area contributed by atoms with Gasteiger partial charge in [0, 0.05) is 24.0 Å². The SMILES string of the molecule is Cc1nc(CCNC(=O)c2ccccn2)sc1C. The number of carbonyl (C=O) groups excluding carboxylic acids is 1. The number of nitrogens with one attached hydrogen (secondary N) is 1. The average molecular weight is 261 g/mol. The van der Waals surface area contributed by atoms with Gasteiger partial charge in [-0.15, -0.1) is 11.3 Å². The van der Waals surface area contributed by atoms with Crippen molar-refractivity contribution >= 4 is 17.2 Å². The number of pyridine rings is 1. The number of amides is 1. The van der Waals surface area contributed by atoms with E-state index < -0.39 is 0 Å². The molecule has 2 heterocycles. The molecule has 1 N–H and O–H groups in total. The van der Waals surface area contributed by atoms with Gasteiger partial charge in [0.05, 0.1) is 10.7 Å². The van der Waals surface area contributed by atoms with Crippen molar-refractivity contribution in [1.82, 2.24) is 15.3 Å². The van der Waals surface area contributed by atoms with Gasteiger partial charge < -0.3 is 5.32 Å². The van der Waals surface area contributed by atoms with Crippen molar-refractivity contribution in [2.45, 2.75) is 20.3 Å². The van der Waals surface area contributed by atoms with Gasteiger partial charge in [-0.05, 0) is 26.0 Å². The van der Waals surface area contributed by atoms with E-state index in [0.29, 0.717) is 12.2 Å². The van der Waals surface area contributed by atoms with E-state index in [2.05, 4.69) is 22.2 Å². The van der Waals surface area contributed by atoms with Crippen LogP contribution in [-0.2, 0) is 6.42 Å². The Hall–Kier alpha value is -1.75. The standard InChI is InChI=1S/C13H15N3OS/c1-9-10(2)18-12(16-9)6-8-15-13(17)11-5-3-4-7-14-11/h3-5,7H,6,8H2,1-2H3,(H,15,17). The molecule has 0 aliphatic heterocycles. The molecule has 0 bridgehead atoms. The Morgan fingerprint density at radius 2 is 2.22 bits per heavy atom. The molecule has 2 rings (SSSR count). The minimum atomic E-state index is -0.138. The molecule has 4 nitrogen and oxygen atoms in total. The third-order valence-corrected chi connectivity index (χ3v) is 3.73. The van der Waals surface area contributed by atoms with E-state index in [9.17, 15) is 4.79 Å². The van der Waals surface area contributed by atoms with Gasteiger partial charge in [-0.25, -0.2) is 4.98 Å².